The van der Waals surface area contributed by atoms with Gasteiger partial charge in [0, 0.05) is 18.8 Å². The summed E-state index contributed by atoms with van der Waals surface area (Å²) in [6.45, 7) is 2.25. The lowest BCUT2D eigenvalue weighted by atomic mass is 10.1. The topological polar surface area (TPSA) is 94.6 Å². The SMILES string of the molecule is COc1cc(C(C)NC(=O)CCS(=O)(=O)C2CCCC2)ccc1OCc1ccncc1. The van der Waals surface area contributed by atoms with Crippen molar-refractivity contribution in [3.8, 4) is 11.5 Å². The molecule has 0 bridgehead atoms. The van der Waals surface area contributed by atoms with Crippen LogP contribution in [-0.2, 0) is 21.2 Å². The Kier molecular flexibility index (Phi) is 7.90. The number of carbonyl (C=O) groups excluding carboxylic acids is 1. The van der Waals surface area contributed by atoms with Gasteiger partial charge in [0.2, 0.25) is 5.91 Å². The van der Waals surface area contributed by atoms with Crippen molar-refractivity contribution in [2.24, 2.45) is 0 Å². The number of methoxy groups -OCH3 is 1. The zero-order valence-electron chi connectivity index (χ0n) is 18.0. The van der Waals surface area contributed by atoms with E-state index < -0.39 is 9.84 Å². The zero-order valence-corrected chi connectivity index (χ0v) is 18.9. The first kappa shape index (κ1) is 23.1. The molecule has 1 unspecified atom stereocenters. The van der Waals surface area contributed by atoms with Crippen LogP contribution in [0.5, 0.6) is 11.5 Å². The van der Waals surface area contributed by atoms with Gasteiger partial charge in [0.1, 0.15) is 6.61 Å². The average Bonchev–Trinajstić information content (AvgIpc) is 3.33. The highest BCUT2D eigenvalue weighted by atomic mass is 32.2. The van der Waals surface area contributed by atoms with Gasteiger partial charge in [0.05, 0.1) is 24.2 Å². The minimum absolute atomic E-state index is 0.0204. The lowest BCUT2D eigenvalue weighted by Crippen LogP contribution is -2.30. The summed E-state index contributed by atoms with van der Waals surface area (Å²) in [5.74, 6) is 0.799. The van der Waals surface area contributed by atoms with Crippen molar-refractivity contribution in [3.05, 3.63) is 53.9 Å². The third-order valence-electron chi connectivity index (χ3n) is 5.63. The number of amides is 1. The van der Waals surface area contributed by atoms with Crippen LogP contribution in [0.3, 0.4) is 0 Å². The number of carbonyl (C=O) groups is 1. The number of pyridine rings is 1. The fourth-order valence-corrected chi connectivity index (χ4v) is 5.61. The number of benzene rings is 1. The van der Waals surface area contributed by atoms with Gasteiger partial charge in [-0.3, -0.25) is 9.78 Å². The summed E-state index contributed by atoms with van der Waals surface area (Å²) in [6, 6.07) is 8.97. The molecular formula is C23H30N2O5S. The van der Waals surface area contributed by atoms with Crippen LogP contribution < -0.4 is 14.8 Å². The summed E-state index contributed by atoms with van der Waals surface area (Å²) in [5, 5.41) is 2.61. The second kappa shape index (κ2) is 10.6. The van der Waals surface area contributed by atoms with E-state index in [0.29, 0.717) is 18.1 Å². The molecule has 1 amide bonds. The van der Waals surface area contributed by atoms with E-state index in [1.54, 1.807) is 19.5 Å². The van der Waals surface area contributed by atoms with Crippen molar-refractivity contribution < 1.29 is 22.7 Å². The number of hydrogen-bond acceptors (Lipinski definition) is 6. The van der Waals surface area contributed by atoms with Gasteiger partial charge in [-0.25, -0.2) is 8.42 Å². The van der Waals surface area contributed by atoms with Gasteiger partial charge in [-0.05, 0) is 55.2 Å². The number of nitrogens with zero attached hydrogens (tertiary/aromatic N) is 1. The number of rotatable bonds is 10. The Balaban J connectivity index is 1.55. The van der Waals surface area contributed by atoms with E-state index in [2.05, 4.69) is 10.3 Å². The maximum atomic E-state index is 12.4. The van der Waals surface area contributed by atoms with Crippen molar-refractivity contribution in [1.29, 1.82) is 0 Å². The van der Waals surface area contributed by atoms with Gasteiger partial charge in [0.25, 0.3) is 0 Å². The maximum Gasteiger partial charge on any atom is 0.221 e. The Morgan fingerprint density at radius 1 is 1.16 bits per heavy atom. The van der Waals surface area contributed by atoms with E-state index in [4.69, 9.17) is 9.47 Å². The lowest BCUT2D eigenvalue weighted by Gasteiger charge is -2.18. The van der Waals surface area contributed by atoms with Gasteiger partial charge in [-0.1, -0.05) is 18.9 Å². The van der Waals surface area contributed by atoms with Crippen LogP contribution in [0.15, 0.2) is 42.7 Å². The van der Waals surface area contributed by atoms with Gasteiger partial charge in [-0.2, -0.15) is 0 Å². The molecule has 1 saturated carbocycles. The number of hydrogen-bond donors (Lipinski definition) is 1. The van der Waals surface area contributed by atoms with Crippen molar-refractivity contribution in [2.75, 3.05) is 12.9 Å². The molecule has 0 spiro atoms. The predicted octanol–water partition coefficient (Wildman–Crippen LogP) is 3.59. The summed E-state index contributed by atoms with van der Waals surface area (Å²) < 4.78 is 36.0. The molecule has 8 heteroatoms. The lowest BCUT2D eigenvalue weighted by molar-refractivity contribution is -0.121. The van der Waals surface area contributed by atoms with E-state index in [1.165, 1.54) is 0 Å². The van der Waals surface area contributed by atoms with Crippen LogP contribution in [0.4, 0.5) is 0 Å². The Labute approximate surface area is 184 Å². The first-order valence-electron chi connectivity index (χ1n) is 10.6. The minimum atomic E-state index is -3.20. The molecule has 1 heterocycles. The largest absolute Gasteiger partial charge is 0.493 e. The molecule has 7 nitrogen and oxygen atoms in total. The standard InChI is InChI=1S/C23H30N2O5S/c1-17(25-23(26)11-14-31(27,28)20-5-3-4-6-20)19-7-8-21(22(15-19)29-2)30-16-18-9-12-24-13-10-18/h7-10,12-13,15,17,20H,3-6,11,14,16H2,1-2H3,(H,25,26). The monoisotopic (exact) mass is 446 g/mol. The Morgan fingerprint density at radius 3 is 2.55 bits per heavy atom. The Hall–Kier alpha value is -2.61. The van der Waals surface area contributed by atoms with E-state index in [0.717, 1.165) is 36.8 Å². The molecule has 1 N–H and O–H groups in total. The maximum absolute atomic E-state index is 12.4. The predicted molar refractivity (Wildman–Crippen MR) is 119 cm³/mol. The second-order valence-electron chi connectivity index (χ2n) is 7.87. The number of sulfone groups is 1. The number of nitrogens with one attached hydrogen (secondary N) is 1. The molecule has 1 aliphatic rings. The van der Waals surface area contributed by atoms with Crippen LogP contribution in [0, 0.1) is 0 Å². The molecule has 3 rings (SSSR count). The Bertz CT molecular complexity index is 973. The zero-order chi connectivity index (χ0) is 22.3. The summed E-state index contributed by atoms with van der Waals surface area (Å²) in [4.78, 5) is 16.3. The number of aromatic nitrogens is 1. The van der Waals surface area contributed by atoms with Crippen molar-refractivity contribution in [1.82, 2.24) is 10.3 Å². The smallest absolute Gasteiger partial charge is 0.221 e. The summed E-state index contributed by atoms with van der Waals surface area (Å²) >= 11 is 0. The van der Waals surface area contributed by atoms with Crippen LogP contribution in [0.1, 0.15) is 56.2 Å². The van der Waals surface area contributed by atoms with E-state index >= 15 is 0 Å². The fraction of sp³-hybridized carbons (Fsp3) is 0.478. The first-order chi connectivity index (χ1) is 14.9. The van der Waals surface area contributed by atoms with E-state index in [-0.39, 0.29) is 29.4 Å². The average molecular weight is 447 g/mol. The highest BCUT2D eigenvalue weighted by molar-refractivity contribution is 7.92. The summed E-state index contributed by atoms with van der Waals surface area (Å²) in [6.07, 6.45) is 6.75. The molecule has 2 aromatic rings. The normalized spacial score (nSPS) is 15.4. The highest BCUT2D eigenvalue weighted by Crippen LogP contribution is 2.31. The molecule has 1 aromatic carbocycles. The third-order valence-corrected chi connectivity index (χ3v) is 7.89. The molecule has 1 aliphatic carbocycles. The fourth-order valence-electron chi connectivity index (χ4n) is 3.76. The Morgan fingerprint density at radius 2 is 1.87 bits per heavy atom. The van der Waals surface area contributed by atoms with Crippen LogP contribution in [0.25, 0.3) is 0 Å². The van der Waals surface area contributed by atoms with Crippen molar-refractivity contribution >= 4 is 15.7 Å². The quantitative estimate of drug-likeness (QED) is 0.599. The second-order valence-corrected chi connectivity index (χ2v) is 10.3. The number of ether oxygens (including phenoxy) is 2. The van der Waals surface area contributed by atoms with Crippen molar-refractivity contribution in [2.45, 2.75) is 56.9 Å². The van der Waals surface area contributed by atoms with E-state index in [1.807, 2.05) is 37.3 Å². The molecule has 0 aliphatic heterocycles. The molecule has 1 atom stereocenters. The van der Waals surface area contributed by atoms with Crippen LogP contribution in [0.2, 0.25) is 0 Å². The first-order valence-corrected chi connectivity index (χ1v) is 12.3. The molecule has 168 valence electrons. The van der Waals surface area contributed by atoms with Gasteiger partial charge >= 0.3 is 0 Å². The van der Waals surface area contributed by atoms with Gasteiger partial charge in [-0.15, -0.1) is 0 Å². The molecule has 1 fully saturated rings. The molecule has 1 aromatic heterocycles. The third kappa shape index (κ3) is 6.43. The summed E-state index contributed by atoms with van der Waals surface area (Å²) in [5.41, 5.74) is 1.84. The minimum Gasteiger partial charge on any atom is -0.493 e. The molecule has 31 heavy (non-hydrogen) atoms. The van der Waals surface area contributed by atoms with Gasteiger partial charge < -0.3 is 14.8 Å². The van der Waals surface area contributed by atoms with E-state index in [9.17, 15) is 13.2 Å². The van der Waals surface area contributed by atoms with Crippen LogP contribution in [-0.4, -0.2) is 37.4 Å². The highest BCUT2D eigenvalue weighted by Gasteiger charge is 2.29. The van der Waals surface area contributed by atoms with Crippen molar-refractivity contribution in [3.63, 3.8) is 0 Å². The van der Waals surface area contributed by atoms with Crippen LogP contribution >= 0.6 is 0 Å². The molecule has 0 saturated heterocycles. The van der Waals surface area contributed by atoms with Gasteiger partial charge in [0.15, 0.2) is 21.3 Å². The summed E-state index contributed by atoms with van der Waals surface area (Å²) in [7, 11) is -1.64. The molecule has 0 radical (unpaired) electrons. The molecular weight excluding hydrogens is 416 g/mol.